The molecule has 1 aromatic carbocycles. The maximum absolute atomic E-state index is 12.2. The molecule has 18 heavy (non-hydrogen) atoms. The molecule has 1 fully saturated rings. The van der Waals surface area contributed by atoms with Gasteiger partial charge in [0.15, 0.2) is 0 Å². The van der Waals surface area contributed by atoms with Crippen molar-refractivity contribution < 1.29 is 4.79 Å². The molecule has 0 aromatic heterocycles. The van der Waals surface area contributed by atoms with E-state index < -0.39 is 5.41 Å². The number of nitrogens with one attached hydrogen (secondary N) is 1. The van der Waals surface area contributed by atoms with Crippen molar-refractivity contribution in [3.63, 3.8) is 0 Å². The fourth-order valence-corrected chi connectivity index (χ4v) is 2.60. The number of thiocarbonyl (C=S) groups is 1. The minimum Gasteiger partial charge on any atom is -0.392 e. The number of hydrogen-bond acceptors (Lipinski definition) is 2. The van der Waals surface area contributed by atoms with Gasteiger partial charge in [0, 0.05) is 11.6 Å². The van der Waals surface area contributed by atoms with E-state index >= 15 is 0 Å². The molecule has 0 radical (unpaired) electrons. The van der Waals surface area contributed by atoms with Crippen molar-refractivity contribution in [1.29, 1.82) is 0 Å². The first kappa shape index (κ1) is 13.3. The van der Waals surface area contributed by atoms with Gasteiger partial charge in [0.25, 0.3) is 0 Å². The molecule has 1 aliphatic rings. The van der Waals surface area contributed by atoms with Crippen molar-refractivity contribution in [3.8, 4) is 0 Å². The van der Waals surface area contributed by atoms with Gasteiger partial charge >= 0.3 is 0 Å². The number of nitrogens with two attached hydrogens (primary N) is 1. The lowest BCUT2D eigenvalue weighted by Crippen LogP contribution is -2.52. The van der Waals surface area contributed by atoms with Crippen LogP contribution in [0.4, 0.5) is 0 Å². The van der Waals surface area contributed by atoms with Crippen LogP contribution >= 0.6 is 23.8 Å². The molecule has 0 saturated heterocycles. The quantitative estimate of drug-likeness (QED) is 0.834. The third-order valence-electron chi connectivity index (χ3n) is 3.51. The summed E-state index contributed by atoms with van der Waals surface area (Å²) in [6.45, 7) is 0.406. The van der Waals surface area contributed by atoms with E-state index in [1.54, 1.807) is 6.07 Å². The van der Waals surface area contributed by atoms with Gasteiger partial charge in [-0.15, -0.1) is 0 Å². The van der Waals surface area contributed by atoms with Crippen LogP contribution in [0, 0.1) is 5.41 Å². The highest BCUT2D eigenvalue weighted by Crippen LogP contribution is 2.41. The Bertz CT molecular complexity index is 486. The van der Waals surface area contributed by atoms with Crippen LogP contribution in [0.25, 0.3) is 0 Å². The maximum Gasteiger partial charge on any atom is 0.233 e. The van der Waals surface area contributed by atoms with Gasteiger partial charge in [-0.05, 0) is 24.5 Å². The first-order valence-electron chi connectivity index (χ1n) is 5.88. The van der Waals surface area contributed by atoms with Gasteiger partial charge in [-0.2, -0.15) is 0 Å². The summed E-state index contributed by atoms with van der Waals surface area (Å²) < 4.78 is 0. The zero-order valence-electron chi connectivity index (χ0n) is 9.91. The monoisotopic (exact) mass is 282 g/mol. The number of benzene rings is 1. The molecule has 1 aliphatic carbocycles. The average Bonchev–Trinajstić information content (AvgIpc) is 2.26. The van der Waals surface area contributed by atoms with E-state index in [0.717, 1.165) is 24.8 Å². The highest BCUT2D eigenvalue weighted by molar-refractivity contribution is 7.80. The van der Waals surface area contributed by atoms with E-state index in [1.807, 2.05) is 18.2 Å². The van der Waals surface area contributed by atoms with Crippen molar-refractivity contribution in [3.05, 3.63) is 34.9 Å². The Labute approximate surface area is 117 Å². The Hall–Kier alpha value is -1.13. The first-order chi connectivity index (χ1) is 8.56. The summed E-state index contributed by atoms with van der Waals surface area (Å²) in [4.78, 5) is 12.4. The predicted octanol–water partition coefficient (Wildman–Crippen LogP) is 2.41. The number of hydrogen-bond donors (Lipinski definition) is 2. The Morgan fingerprint density at radius 1 is 1.44 bits per heavy atom. The van der Waals surface area contributed by atoms with Crippen LogP contribution in [0.3, 0.4) is 0 Å². The lowest BCUT2D eigenvalue weighted by atomic mass is 9.68. The second-order valence-corrected chi connectivity index (χ2v) is 5.42. The number of carbonyl (C=O) groups is 1. The summed E-state index contributed by atoms with van der Waals surface area (Å²) in [5, 5.41) is 3.52. The van der Waals surface area contributed by atoms with E-state index in [2.05, 4.69) is 5.32 Å². The molecule has 0 unspecified atom stereocenters. The van der Waals surface area contributed by atoms with E-state index in [1.165, 1.54) is 0 Å². The molecule has 1 aromatic rings. The summed E-state index contributed by atoms with van der Waals surface area (Å²) in [6.07, 6.45) is 2.49. The lowest BCUT2D eigenvalue weighted by Gasteiger charge is -2.39. The molecule has 3 N–H and O–H groups in total. The van der Waals surface area contributed by atoms with Crippen molar-refractivity contribution in [2.45, 2.75) is 25.8 Å². The van der Waals surface area contributed by atoms with Gasteiger partial charge in [0.2, 0.25) is 5.91 Å². The Morgan fingerprint density at radius 3 is 2.61 bits per heavy atom. The molecule has 1 amide bonds. The van der Waals surface area contributed by atoms with E-state index in [-0.39, 0.29) is 5.91 Å². The fraction of sp³-hybridized carbons (Fsp3) is 0.385. The van der Waals surface area contributed by atoms with Crippen LogP contribution in [-0.2, 0) is 11.3 Å². The molecular weight excluding hydrogens is 268 g/mol. The SMILES string of the molecule is NC(=S)C1(C(=O)NCc2ccccc2Cl)CCC1. The second kappa shape index (κ2) is 5.24. The van der Waals surface area contributed by atoms with Crippen molar-refractivity contribution in [1.82, 2.24) is 5.32 Å². The molecule has 2 rings (SSSR count). The molecule has 0 bridgehead atoms. The van der Waals surface area contributed by atoms with E-state index in [0.29, 0.717) is 16.6 Å². The second-order valence-electron chi connectivity index (χ2n) is 4.57. The summed E-state index contributed by atoms with van der Waals surface area (Å²) >= 11 is 11.0. The summed E-state index contributed by atoms with van der Waals surface area (Å²) in [5.41, 5.74) is 5.94. The molecule has 0 atom stereocenters. The van der Waals surface area contributed by atoms with Gasteiger partial charge in [-0.1, -0.05) is 48.4 Å². The van der Waals surface area contributed by atoms with Gasteiger partial charge in [-0.25, -0.2) is 0 Å². The smallest absolute Gasteiger partial charge is 0.233 e. The standard InChI is InChI=1S/C13H15ClN2OS/c14-10-5-2-1-4-9(10)8-16-12(17)13(11(15)18)6-3-7-13/h1-2,4-5H,3,6-8H2,(H2,15,18)(H,16,17). The van der Waals surface area contributed by atoms with Crippen LogP contribution in [0.5, 0.6) is 0 Å². The molecular formula is C13H15ClN2OS. The van der Waals surface area contributed by atoms with Crippen molar-refractivity contribution in [2.24, 2.45) is 11.1 Å². The molecule has 0 heterocycles. The fourth-order valence-electron chi connectivity index (χ4n) is 2.10. The van der Waals surface area contributed by atoms with Gasteiger partial charge in [-0.3, -0.25) is 4.79 Å². The number of rotatable bonds is 4. The minimum absolute atomic E-state index is 0.0823. The Balaban J connectivity index is 2.01. The normalized spacial score (nSPS) is 16.7. The third-order valence-corrected chi connectivity index (χ3v) is 4.27. The maximum atomic E-state index is 12.2. The van der Waals surface area contributed by atoms with Crippen LogP contribution in [0.15, 0.2) is 24.3 Å². The summed E-state index contributed by atoms with van der Waals surface area (Å²) in [6, 6.07) is 7.43. The highest BCUT2D eigenvalue weighted by atomic mass is 35.5. The zero-order valence-corrected chi connectivity index (χ0v) is 11.5. The lowest BCUT2D eigenvalue weighted by molar-refractivity contribution is -0.131. The minimum atomic E-state index is -0.628. The topological polar surface area (TPSA) is 55.1 Å². The largest absolute Gasteiger partial charge is 0.392 e. The molecule has 0 aliphatic heterocycles. The molecule has 5 heteroatoms. The molecule has 3 nitrogen and oxygen atoms in total. The van der Waals surface area contributed by atoms with Crippen molar-refractivity contribution in [2.75, 3.05) is 0 Å². The Morgan fingerprint density at radius 2 is 2.11 bits per heavy atom. The van der Waals surface area contributed by atoms with Gasteiger partial charge in [0.1, 0.15) is 0 Å². The zero-order chi connectivity index (χ0) is 13.2. The predicted molar refractivity (Wildman–Crippen MR) is 76.4 cm³/mol. The van der Waals surface area contributed by atoms with Gasteiger partial charge < -0.3 is 11.1 Å². The first-order valence-corrected chi connectivity index (χ1v) is 6.66. The Kier molecular flexibility index (Phi) is 3.88. The number of carbonyl (C=O) groups excluding carboxylic acids is 1. The molecule has 0 spiro atoms. The number of amides is 1. The van der Waals surface area contributed by atoms with Gasteiger partial charge in [0.05, 0.1) is 10.4 Å². The van der Waals surface area contributed by atoms with E-state index in [9.17, 15) is 4.79 Å². The summed E-state index contributed by atoms with van der Waals surface area (Å²) in [5.74, 6) is -0.0823. The van der Waals surface area contributed by atoms with Crippen LogP contribution in [0.1, 0.15) is 24.8 Å². The number of halogens is 1. The highest BCUT2D eigenvalue weighted by Gasteiger charge is 2.46. The van der Waals surface area contributed by atoms with Crippen molar-refractivity contribution >= 4 is 34.7 Å². The molecule has 96 valence electrons. The summed E-state index contributed by atoms with van der Waals surface area (Å²) in [7, 11) is 0. The molecule has 1 saturated carbocycles. The van der Waals surface area contributed by atoms with Crippen LogP contribution in [0.2, 0.25) is 5.02 Å². The van der Waals surface area contributed by atoms with Crippen LogP contribution < -0.4 is 11.1 Å². The average molecular weight is 283 g/mol. The van der Waals surface area contributed by atoms with Crippen LogP contribution in [-0.4, -0.2) is 10.9 Å². The van der Waals surface area contributed by atoms with E-state index in [4.69, 9.17) is 29.6 Å². The third kappa shape index (κ3) is 2.35.